The molecule has 1 saturated carbocycles. The average Bonchev–Trinajstić information content (AvgIpc) is 3.14. The topological polar surface area (TPSA) is 46.1 Å². The van der Waals surface area contributed by atoms with E-state index in [1.54, 1.807) is 0 Å². The summed E-state index contributed by atoms with van der Waals surface area (Å²) in [6.45, 7) is 6.06. The minimum Gasteiger partial charge on any atom is -0.350 e. The Labute approximate surface area is 145 Å². The van der Waals surface area contributed by atoms with E-state index in [4.69, 9.17) is 0 Å². The van der Waals surface area contributed by atoms with Crippen molar-refractivity contribution in [3.63, 3.8) is 0 Å². The van der Waals surface area contributed by atoms with Gasteiger partial charge in [-0.1, -0.05) is 19.3 Å². The van der Waals surface area contributed by atoms with Gasteiger partial charge in [0.25, 0.3) is 5.91 Å². The molecule has 0 aromatic carbocycles. The molecule has 1 amide bonds. The van der Waals surface area contributed by atoms with Gasteiger partial charge in [-0.2, -0.15) is 0 Å². The van der Waals surface area contributed by atoms with Crippen LogP contribution < -0.4 is 10.6 Å². The van der Waals surface area contributed by atoms with E-state index in [2.05, 4.69) is 35.1 Å². The van der Waals surface area contributed by atoms with E-state index >= 15 is 0 Å². The van der Waals surface area contributed by atoms with E-state index in [1.165, 1.54) is 50.6 Å². The smallest absolute Gasteiger partial charge is 0.253 e. The fourth-order valence-electron chi connectivity index (χ4n) is 4.15. The van der Waals surface area contributed by atoms with Crippen LogP contribution in [-0.2, 0) is 0 Å². The Hall–Kier alpha value is -1.000. The van der Waals surface area contributed by atoms with Crippen LogP contribution in [0.1, 0.15) is 72.7 Å². The van der Waals surface area contributed by atoms with E-state index in [-0.39, 0.29) is 18.3 Å². The first-order chi connectivity index (χ1) is 10.7. The van der Waals surface area contributed by atoms with Gasteiger partial charge in [-0.05, 0) is 52.1 Å². The standard InChI is InChI=1S/C18H29N3O.ClH/c1-13-11-17(18(22)20-12-15-7-6-10-19-15)14(2)21(13)16-8-4-3-5-9-16;/h11,15-16,19H,3-10,12H2,1-2H3,(H,20,22);1H. The summed E-state index contributed by atoms with van der Waals surface area (Å²) in [6.07, 6.45) is 8.88. The van der Waals surface area contributed by atoms with E-state index in [9.17, 15) is 4.79 Å². The Kier molecular flexibility index (Phi) is 6.54. The van der Waals surface area contributed by atoms with Crippen molar-refractivity contribution in [2.24, 2.45) is 0 Å². The summed E-state index contributed by atoms with van der Waals surface area (Å²) in [5, 5.41) is 6.54. The maximum atomic E-state index is 12.5. The molecule has 2 fully saturated rings. The number of aromatic nitrogens is 1. The van der Waals surface area contributed by atoms with Crippen molar-refractivity contribution in [1.29, 1.82) is 0 Å². The highest BCUT2D eigenvalue weighted by atomic mass is 35.5. The van der Waals surface area contributed by atoms with E-state index in [1.807, 2.05) is 0 Å². The van der Waals surface area contributed by atoms with Crippen LogP contribution in [0.3, 0.4) is 0 Å². The number of hydrogen-bond donors (Lipinski definition) is 2. The highest BCUT2D eigenvalue weighted by molar-refractivity contribution is 5.95. The summed E-state index contributed by atoms with van der Waals surface area (Å²) in [6, 6.07) is 3.11. The molecule has 5 heteroatoms. The Balaban J connectivity index is 0.00000192. The zero-order chi connectivity index (χ0) is 15.5. The number of nitrogens with one attached hydrogen (secondary N) is 2. The normalized spacial score (nSPS) is 21.9. The molecule has 1 saturated heterocycles. The Morgan fingerprint density at radius 2 is 1.96 bits per heavy atom. The third kappa shape index (κ3) is 4.10. The van der Waals surface area contributed by atoms with Gasteiger partial charge in [-0.15, -0.1) is 12.4 Å². The number of hydrogen-bond acceptors (Lipinski definition) is 2. The third-order valence-corrected chi connectivity index (χ3v) is 5.34. The molecule has 1 unspecified atom stereocenters. The molecule has 3 rings (SSSR count). The lowest BCUT2D eigenvalue weighted by Gasteiger charge is -2.26. The molecule has 2 heterocycles. The predicted octanol–water partition coefficient (Wildman–Crippen LogP) is 3.51. The van der Waals surface area contributed by atoms with Crippen molar-refractivity contribution >= 4 is 18.3 Å². The number of halogens is 1. The number of rotatable bonds is 4. The molecule has 1 aromatic rings. The van der Waals surface area contributed by atoms with Crippen LogP contribution in [0.15, 0.2) is 6.07 Å². The van der Waals surface area contributed by atoms with Gasteiger partial charge in [-0.3, -0.25) is 4.79 Å². The largest absolute Gasteiger partial charge is 0.350 e. The number of carbonyl (C=O) groups excluding carboxylic acids is 1. The molecular weight excluding hydrogens is 310 g/mol. The van der Waals surface area contributed by atoms with Gasteiger partial charge in [0, 0.05) is 30.0 Å². The number of aryl methyl sites for hydroxylation is 1. The Morgan fingerprint density at radius 1 is 1.22 bits per heavy atom. The lowest BCUT2D eigenvalue weighted by atomic mass is 9.95. The molecule has 2 aliphatic rings. The highest BCUT2D eigenvalue weighted by Gasteiger charge is 2.23. The molecule has 0 spiro atoms. The summed E-state index contributed by atoms with van der Waals surface area (Å²) in [5.74, 6) is 0.0869. The fraction of sp³-hybridized carbons (Fsp3) is 0.722. The number of carbonyl (C=O) groups is 1. The van der Waals surface area contributed by atoms with Crippen LogP contribution in [0, 0.1) is 13.8 Å². The van der Waals surface area contributed by atoms with Gasteiger partial charge in [0.2, 0.25) is 0 Å². The Bertz CT molecular complexity index is 529. The molecular formula is C18H30ClN3O. The average molecular weight is 340 g/mol. The summed E-state index contributed by atoms with van der Waals surface area (Å²) < 4.78 is 2.40. The highest BCUT2D eigenvalue weighted by Crippen LogP contribution is 2.32. The van der Waals surface area contributed by atoms with Crippen molar-refractivity contribution in [1.82, 2.24) is 15.2 Å². The molecule has 1 aromatic heterocycles. The van der Waals surface area contributed by atoms with Crippen LogP contribution in [0.5, 0.6) is 0 Å². The maximum absolute atomic E-state index is 12.5. The van der Waals surface area contributed by atoms with Gasteiger partial charge in [-0.25, -0.2) is 0 Å². The van der Waals surface area contributed by atoms with E-state index in [0.717, 1.165) is 24.3 Å². The lowest BCUT2D eigenvalue weighted by molar-refractivity contribution is 0.0949. The first-order valence-electron chi connectivity index (χ1n) is 8.87. The van der Waals surface area contributed by atoms with Crippen LogP contribution in [0.4, 0.5) is 0 Å². The summed E-state index contributed by atoms with van der Waals surface area (Å²) in [4.78, 5) is 12.5. The molecule has 23 heavy (non-hydrogen) atoms. The second-order valence-electron chi connectivity index (χ2n) is 6.95. The van der Waals surface area contributed by atoms with Gasteiger partial charge >= 0.3 is 0 Å². The van der Waals surface area contributed by atoms with Crippen molar-refractivity contribution in [2.45, 2.75) is 70.9 Å². The van der Waals surface area contributed by atoms with Crippen molar-refractivity contribution in [3.8, 4) is 0 Å². The summed E-state index contributed by atoms with van der Waals surface area (Å²) in [5.41, 5.74) is 3.23. The molecule has 2 N–H and O–H groups in total. The maximum Gasteiger partial charge on any atom is 0.253 e. The van der Waals surface area contributed by atoms with Crippen LogP contribution in [0.25, 0.3) is 0 Å². The summed E-state index contributed by atoms with van der Waals surface area (Å²) in [7, 11) is 0. The molecule has 1 aliphatic carbocycles. The molecule has 1 atom stereocenters. The molecule has 130 valence electrons. The zero-order valence-corrected chi connectivity index (χ0v) is 15.2. The first-order valence-corrected chi connectivity index (χ1v) is 8.87. The molecule has 4 nitrogen and oxygen atoms in total. The van der Waals surface area contributed by atoms with E-state index < -0.39 is 0 Å². The van der Waals surface area contributed by atoms with Gasteiger partial charge < -0.3 is 15.2 Å². The van der Waals surface area contributed by atoms with Gasteiger partial charge in [0.1, 0.15) is 0 Å². The minimum absolute atomic E-state index is 0. The number of amides is 1. The van der Waals surface area contributed by atoms with Crippen molar-refractivity contribution in [3.05, 3.63) is 23.0 Å². The van der Waals surface area contributed by atoms with Crippen molar-refractivity contribution < 1.29 is 4.79 Å². The predicted molar refractivity (Wildman–Crippen MR) is 96.6 cm³/mol. The first kappa shape index (κ1) is 18.3. The lowest BCUT2D eigenvalue weighted by Crippen LogP contribution is -2.37. The zero-order valence-electron chi connectivity index (χ0n) is 14.4. The van der Waals surface area contributed by atoms with Crippen molar-refractivity contribution in [2.75, 3.05) is 13.1 Å². The van der Waals surface area contributed by atoms with Gasteiger partial charge in [0.15, 0.2) is 0 Å². The van der Waals surface area contributed by atoms with E-state index in [0.29, 0.717) is 12.1 Å². The molecule has 1 aliphatic heterocycles. The molecule has 0 radical (unpaired) electrons. The Morgan fingerprint density at radius 3 is 2.61 bits per heavy atom. The summed E-state index contributed by atoms with van der Waals surface area (Å²) >= 11 is 0. The molecule has 0 bridgehead atoms. The minimum atomic E-state index is 0. The second-order valence-corrected chi connectivity index (χ2v) is 6.95. The monoisotopic (exact) mass is 339 g/mol. The SMILES string of the molecule is Cc1cc(C(=O)NCC2CCCN2)c(C)n1C1CCCCC1.Cl. The van der Waals surface area contributed by atoms with Gasteiger partial charge in [0.05, 0.1) is 5.56 Å². The fourth-order valence-corrected chi connectivity index (χ4v) is 4.15. The van der Waals surface area contributed by atoms with Crippen LogP contribution in [-0.4, -0.2) is 29.6 Å². The second kappa shape index (κ2) is 8.20. The van der Waals surface area contributed by atoms with Crippen LogP contribution in [0.2, 0.25) is 0 Å². The van der Waals surface area contributed by atoms with Crippen LogP contribution >= 0.6 is 12.4 Å². The quantitative estimate of drug-likeness (QED) is 0.881. The third-order valence-electron chi connectivity index (χ3n) is 5.34. The number of nitrogens with zero attached hydrogens (tertiary/aromatic N) is 1.